The van der Waals surface area contributed by atoms with Gasteiger partial charge in [-0.05, 0) is 42.3 Å². The molecule has 0 aliphatic carbocycles. The molecule has 0 aromatic heterocycles. The maximum absolute atomic E-state index is 11.7. The van der Waals surface area contributed by atoms with Crippen molar-refractivity contribution in [2.75, 3.05) is 7.11 Å². The molecule has 2 aromatic carbocycles. The maximum Gasteiger partial charge on any atom is 0.236 e. The van der Waals surface area contributed by atoms with Gasteiger partial charge in [0, 0.05) is 11.1 Å². The highest BCUT2D eigenvalue weighted by Crippen LogP contribution is 2.10. The minimum Gasteiger partial charge on any atom is -0.497 e. The lowest BCUT2D eigenvalue weighted by atomic mass is 10.1. The minimum absolute atomic E-state index is 0.201. The predicted molar refractivity (Wildman–Crippen MR) is 87.6 cm³/mol. The third-order valence-corrected chi connectivity index (χ3v) is 2.78. The van der Waals surface area contributed by atoms with Gasteiger partial charge in [0.1, 0.15) is 5.75 Å². The van der Waals surface area contributed by atoms with Crippen molar-refractivity contribution in [3.05, 3.63) is 77.9 Å². The normalized spacial score (nSPS) is 9.32. The van der Waals surface area contributed by atoms with Crippen LogP contribution in [0.4, 0.5) is 0 Å². The Morgan fingerprint density at radius 3 is 2.32 bits per heavy atom. The molecule has 0 spiro atoms. The van der Waals surface area contributed by atoms with Crippen LogP contribution in [0.25, 0.3) is 0 Å². The van der Waals surface area contributed by atoms with Crippen LogP contribution in [0.15, 0.2) is 66.7 Å². The van der Waals surface area contributed by atoms with Gasteiger partial charge in [0.05, 0.1) is 7.11 Å². The molecule has 0 unspecified atom stereocenters. The summed E-state index contributed by atoms with van der Waals surface area (Å²) in [6.07, 6.45) is 3.19. The number of carbonyl (C=O) groups is 1. The summed E-state index contributed by atoms with van der Waals surface area (Å²) in [6.45, 7) is 0. The Labute approximate surface area is 130 Å². The number of allylic oxidation sites excluding steroid dienone is 2. The van der Waals surface area contributed by atoms with Gasteiger partial charge in [-0.2, -0.15) is 0 Å². The second kappa shape index (κ2) is 8.15. The molecule has 0 atom stereocenters. The van der Waals surface area contributed by atoms with Gasteiger partial charge < -0.3 is 4.74 Å². The number of Topliss-reactive ketones (excluding diaryl/α,β-unsaturated/α-hetero) is 1. The van der Waals surface area contributed by atoms with Gasteiger partial charge in [0.25, 0.3) is 0 Å². The fraction of sp³-hybridized carbons (Fsp3) is 0.0500. The first-order valence-corrected chi connectivity index (χ1v) is 6.71. The molecule has 0 bridgehead atoms. The van der Waals surface area contributed by atoms with Crippen LogP contribution < -0.4 is 4.74 Å². The van der Waals surface area contributed by atoms with Crippen molar-refractivity contribution < 1.29 is 9.53 Å². The zero-order valence-corrected chi connectivity index (χ0v) is 12.2. The van der Waals surface area contributed by atoms with Gasteiger partial charge in [-0.1, -0.05) is 48.1 Å². The average molecular weight is 286 g/mol. The topological polar surface area (TPSA) is 26.3 Å². The van der Waals surface area contributed by atoms with Crippen molar-refractivity contribution in [3.8, 4) is 29.4 Å². The highest BCUT2D eigenvalue weighted by atomic mass is 16.5. The minimum atomic E-state index is -0.201. The number of ether oxygens (including phenoxy) is 1. The van der Waals surface area contributed by atoms with E-state index in [4.69, 9.17) is 4.74 Å². The third kappa shape index (κ3) is 4.71. The first-order chi connectivity index (χ1) is 10.8. The van der Waals surface area contributed by atoms with Crippen LogP contribution in [0.3, 0.4) is 0 Å². The van der Waals surface area contributed by atoms with E-state index in [1.165, 1.54) is 0 Å². The van der Waals surface area contributed by atoms with Crippen molar-refractivity contribution in [3.63, 3.8) is 0 Å². The summed E-state index contributed by atoms with van der Waals surface area (Å²) in [7, 11) is 1.62. The van der Waals surface area contributed by atoms with Crippen LogP contribution in [0.2, 0.25) is 0 Å². The fourth-order valence-electron chi connectivity index (χ4n) is 1.65. The summed E-state index contributed by atoms with van der Waals surface area (Å²) in [5.74, 6) is 11.7. The molecule has 0 saturated heterocycles. The van der Waals surface area contributed by atoms with Crippen LogP contribution in [0.5, 0.6) is 5.75 Å². The molecule has 2 heteroatoms. The number of rotatable bonds is 2. The van der Waals surface area contributed by atoms with Gasteiger partial charge in [-0.15, -0.1) is 0 Å². The molecule has 106 valence electrons. The lowest BCUT2D eigenvalue weighted by Crippen LogP contribution is -1.92. The summed E-state index contributed by atoms with van der Waals surface area (Å²) in [5.41, 5.74) is 1.48. The summed E-state index contributed by atoms with van der Waals surface area (Å²) in [5, 5.41) is 0. The van der Waals surface area contributed by atoms with Crippen molar-refractivity contribution in [1.82, 2.24) is 0 Å². The van der Waals surface area contributed by atoms with E-state index < -0.39 is 0 Å². The monoisotopic (exact) mass is 286 g/mol. The quantitative estimate of drug-likeness (QED) is 0.480. The summed E-state index contributed by atoms with van der Waals surface area (Å²) in [4.78, 5) is 11.7. The molecule has 0 aliphatic heterocycles. The number of ketones is 1. The Morgan fingerprint density at radius 2 is 1.64 bits per heavy atom. The first kappa shape index (κ1) is 15.2. The molecular formula is C20H14O2. The standard InChI is InChI=1S/C20H14O2/c1-22-19-15-13-17(14-16-19)9-5-2-3-8-12-20(21)18-10-6-4-7-11-18/h2-4,6-7,10-11,13-16H,1H3/b3-2-. The summed E-state index contributed by atoms with van der Waals surface area (Å²) >= 11 is 0. The van der Waals surface area contributed by atoms with Crippen LogP contribution in [-0.4, -0.2) is 12.9 Å². The Balaban J connectivity index is 1.93. The zero-order chi connectivity index (χ0) is 15.6. The van der Waals surface area contributed by atoms with Gasteiger partial charge in [0.15, 0.2) is 0 Å². The molecule has 0 heterocycles. The fourth-order valence-corrected chi connectivity index (χ4v) is 1.65. The highest BCUT2D eigenvalue weighted by Gasteiger charge is 1.97. The largest absolute Gasteiger partial charge is 0.497 e. The van der Waals surface area contributed by atoms with Gasteiger partial charge in [-0.25, -0.2) is 0 Å². The van der Waals surface area contributed by atoms with E-state index in [1.807, 2.05) is 42.5 Å². The van der Waals surface area contributed by atoms with Crippen LogP contribution in [-0.2, 0) is 0 Å². The molecule has 22 heavy (non-hydrogen) atoms. The smallest absolute Gasteiger partial charge is 0.236 e. The van der Waals surface area contributed by atoms with E-state index in [1.54, 1.807) is 31.4 Å². The first-order valence-electron chi connectivity index (χ1n) is 6.71. The van der Waals surface area contributed by atoms with Crippen molar-refractivity contribution >= 4 is 5.78 Å². The van der Waals surface area contributed by atoms with E-state index >= 15 is 0 Å². The molecule has 2 rings (SSSR count). The Hall–Kier alpha value is -3.23. The van der Waals surface area contributed by atoms with E-state index in [2.05, 4.69) is 23.7 Å². The van der Waals surface area contributed by atoms with Crippen LogP contribution >= 0.6 is 0 Å². The van der Waals surface area contributed by atoms with E-state index in [0.29, 0.717) is 5.56 Å². The SMILES string of the molecule is COc1ccc(C#C/C=C\C#CC(=O)c2ccccc2)cc1. The van der Waals surface area contributed by atoms with Gasteiger partial charge in [0.2, 0.25) is 5.78 Å². The van der Waals surface area contributed by atoms with Crippen molar-refractivity contribution in [2.24, 2.45) is 0 Å². The molecule has 2 aromatic rings. The molecule has 0 saturated carbocycles. The van der Waals surface area contributed by atoms with Crippen molar-refractivity contribution in [1.29, 1.82) is 0 Å². The van der Waals surface area contributed by atoms with Crippen LogP contribution in [0, 0.1) is 23.7 Å². The molecule has 0 amide bonds. The van der Waals surface area contributed by atoms with E-state index in [9.17, 15) is 4.79 Å². The number of methoxy groups -OCH3 is 1. The number of hydrogen-bond donors (Lipinski definition) is 0. The van der Waals surface area contributed by atoms with Gasteiger partial charge in [-0.3, -0.25) is 4.79 Å². The summed E-state index contributed by atoms with van der Waals surface area (Å²) < 4.78 is 5.07. The second-order valence-electron chi connectivity index (χ2n) is 4.30. The number of hydrogen-bond acceptors (Lipinski definition) is 2. The van der Waals surface area contributed by atoms with E-state index in [0.717, 1.165) is 11.3 Å². The highest BCUT2D eigenvalue weighted by molar-refractivity contribution is 6.09. The van der Waals surface area contributed by atoms with Crippen LogP contribution in [0.1, 0.15) is 15.9 Å². The lowest BCUT2D eigenvalue weighted by Gasteiger charge is -1.97. The predicted octanol–water partition coefficient (Wildman–Crippen LogP) is 3.49. The molecule has 0 radical (unpaired) electrons. The molecule has 0 N–H and O–H groups in total. The van der Waals surface area contributed by atoms with Gasteiger partial charge >= 0.3 is 0 Å². The van der Waals surface area contributed by atoms with E-state index in [-0.39, 0.29) is 5.78 Å². The Morgan fingerprint density at radius 1 is 0.955 bits per heavy atom. The van der Waals surface area contributed by atoms with Crippen molar-refractivity contribution in [2.45, 2.75) is 0 Å². The maximum atomic E-state index is 11.7. The molecule has 2 nitrogen and oxygen atoms in total. The summed E-state index contributed by atoms with van der Waals surface area (Å²) in [6, 6.07) is 16.4. The molecule has 0 aliphatic rings. The Kier molecular flexibility index (Phi) is 5.61. The molecular weight excluding hydrogens is 272 g/mol. The molecule has 0 fully saturated rings. The zero-order valence-electron chi connectivity index (χ0n) is 12.2. The number of benzene rings is 2. The lowest BCUT2D eigenvalue weighted by molar-refractivity contribution is 0.105. The number of carbonyl (C=O) groups excluding carboxylic acids is 1. The third-order valence-electron chi connectivity index (χ3n) is 2.78. The second-order valence-corrected chi connectivity index (χ2v) is 4.30. The Bertz CT molecular complexity index is 777. The average Bonchev–Trinajstić information content (AvgIpc) is 2.59.